The Labute approximate surface area is 172 Å². The first-order valence-corrected chi connectivity index (χ1v) is 10.8. The summed E-state index contributed by atoms with van der Waals surface area (Å²) in [5.41, 5.74) is 0.962. The van der Waals surface area contributed by atoms with Crippen LogP contribution in [0.5, 0.6) is 11.5 Å². The van der Waals surface area contributed by atoms with Gasteiger partial charge in [0.15, 0.2) is 11.5 Å². The highest BCUT2D eigenvalue weighted by atomic mass is 16.7. The van der Waals surface area contributed by atoms with E-state index in [0.29, 0.717) is 18.3 Å². The first kappa shape index (κ1) is 19.2. The summed E-state index contributed by atoms with van der Waals surface area (Å²) >= 11 is 0. The molecule has 5 rings (SSSR count). The van der Waals surface area contributed by atoms with E-state index in [2.05, 4.69) is 16.8 Å². The van der Waals surface area contributed by atoms with E-state index in [9.17, 15) is 9.90 Å². The van der Waals surface area contributed by atoms with Crippen molar-refractivity contribution in [3.05, 3.63) is 23.8 Å². The van der Waals surface area contributed by atoms with Gasteiger partial charge in [-0.15, -0.1) is 0 Å². The first-order valence-electron chi connectivity index (χ1n) is 10.8. The van der Waals surface area contributed by atoms with Crippen molar-refractivity contribution in [2.75, 3.05) is 53.1 Å². The molecule has 2 saturated heterocycles. The number of hydrogen-bond donors (Lipinski definition) is 1. The van der Waals surface area contributed by atoms with Crippen LogP contribution in [0, 0.1) is 11.8 Å². The van der Waals surface area contributed by atoms with Crippen LogP contribution in [0.2, 0.25) is 0 Å². The molecule has 1 aromatic rings. The summed E-state index contributed by atoms with van der Waals surface area (Å²) in [6.45, 7) is 6.05. The zero-order valence-electron chi connectivity index (χ0n) is 17.1. The Morgan fingerprint density at radius 3 is 2.59 bits per heavy atom. The number of amides is 1. The lowest BCUT2D eigenvalue weighted by Gasteiger charge is -2.44. The van der Waals surface area contributed by atoms with Gasteiger partial charge in [-0.05, 0) is 49.4 Å². The maximum Gasteiger partial charge on any atom is 0.231 e. The normalized spacial score (nSPS) is 32.4. The van der Waals surface area contributed by atoms with Crippen LogP contribution in [-0.2, 0) is 11.2 Å². The number of ether oxygens (including phenoxy) is 2. The summed E-state index contributed by atoms with van der Waals surface area (Å²) in [6, 6.07) is 5.98. The maximum absolute atomic E-state index is 12.9. The van der Waals surface area contributed by atoms with E-state index in [1.165, 1.54) is 0 Å². The van der Waals surface area contributed by atoms with Crippen LogP contribution in [0.1, 0.15) is 18.4 Å². The fourth-order valence-corrected chi connectivity index (χ4v) is 5.49. The number of likely N-dealkylation sites (N-methyl/N-ethyl adjacent to an activating group) is 1. The highest BCUT2D eigenvalue weighted by molar-refractivity contribution is 5.79. The topological polar surface area (TPSA) is 65.5 Å². The second-order valence-electron chi connectivity index (χ2n) is 9.13. The van der Waals surface area contributed by atoms with Crippen LogP contribution in [0.25, 0.3) is 0 Å². The second-order valence-corrected chi connectivity index (χ2v) is 9.13. The molecular weight excluding hydrogens is 370 g/mol. The van der Waals surface area contributed by atoms with E-state index >= 15 is 0 Å². The lowest BCUT2D eigenvalue weighted by molar-refractivity contribution is -0.129. The second kappa shape index (κ2) is 7.78. The molecule has 1 aliphatic carbocycles. The Morgan fingerprint density at radius 1 is 1.07 bits per heavy atom. The fraction of sp³-hybridized carbons (Fsp3) is 0.682. The fourth-order valence-electron chi connectivity index (χ4n) is 5.49. The maximum atomic E-state index is 12.9. The van der Waals surface area contributed by atoms with Crippen LogP contribution in [-0.4, -0.2) is 91.0 Å². The number of piperazine rings is 1. The standard InChI is InChI=1S/C22H31N3O4/c1-23-4-6-24(7-5-23)18-10-16-12-25(13-17(16)11-19(18)26)22(27)9-15-2-3-20-21(8-15)29-14-28-20/h2-3,8,16-19,26H,4-7,9-14H2,1H3/t16-,17+,18-,19-/m1/s1. The predicted octanol–water partition coefficient (Wildman–Crippen LogP) is 0.803. The quantitative estimate of drug-likeness (QED) is 0.809. The summed E-state index contributed by atoms with van der Waals surface area (Å²) in [5, 5.41) is 10.8. The van der Waals surface area contributed by atoms with Gasteiger partial charge in [0.2, 0.25) is 12.7 Å². The lowest BCUT2D eigenvalue weighted by Crippen LogP contribution is -2.55. The molecule has 0 unspecified atom stereocenters. The molecular formula is C22H31N3O4. The van der Waals surface area contributed by atoms with Gasteiger partial charge in [0, 0.05) is 45.3 Å². The molecule has 0 aromatic heterocycles. The summed E-state index contributed by atoms with van der Waals surface area (Å²) in [5.74, 6) is 2.57. The van der Waals surface area contributed by atoms with Gasteiger partial charge in [-0.2, -0.15) is 0 Å². The van der Waals surface area contributed by atoms with Gasteiger partial charge in [-0.1, -0.05) is 6.07 Å². The molecule has 4 atom stereocenters. The van der Waals surface area contributed by atoms with Crippen LogP contribution in [0.4, 0.5) is 0 Å². The van der Waals surface area contributed by atoms with Gasteiger partial charge in [0.05, 0.1) is 12.5 Å². The molecule has 7 heteroatoms. The molecule has 7 nitrogen and oxygen atoms in total. The first-order chi connectivity index (χ1) is 14.1. The van der Waals surface area contributed by atoms with Crippen molar-refractivity contribution in [3.63, 3.8) is 0 Å². The minimum atomic E-state index is -0.274. The third-order valence-corrected chi connectivity index (χ3v) is 7.26. The minimum Gasteiger partial charge on any atom is -0.454 e. The molecule has 3 fully saturated rings. The van der Waals surface area contributed by atoms with E-state index < -0.39 is 0 Å². The van der Waals surface area contributed by atoms with E-state index in [1.807, 2.05) is 23.1 Å². The zero-order valence-corrected chi connectivity index (χ0v) is 17.1. The summed E-state index contributed by atoms with van der Waals surface area (Å²) in [4.78, 5) is 19.8. The minimum absolute atomic E-state index is 0.170. The predicted molar refractivity (Wildman–Crippen MR) is 108 cm³/mol. The number of aliphatic hydroxyl groups is 1. The number of carbonyl (C=O) groups excluding carboxylic acids is 1. The Balaban J connectivity index is 1.20. The van der Waals surface area contributed by atoms with Gasteiger partial charge < -0.3 is 24.4 Å². The van der Waals surface area contributed by atoms with Crippen LogP contribution in [0.3, 0.4) is 0 Å². The van der Waals surface area contributed by atoms with Gasteiger partial charge >= 0.3 is 0 Å². The lowest BCUT2D eigenvalue weighted by atomic mass is 9.77. The third kappa shape index (κ3) is 3.83. The third-order valence-electron chi connectivity index (χ3n) is 7.26. The number of nitrogens with zero attached hydrogens (tertiary/aromatic N) is 3. The summed E-state index contributed by atoms with van der Waals surface area (Å²) in [6.07, 6.45) is 1.93. The molecule has 3 heterocycles. The van der Waals surface area contributed by atoms with Crippen molar-refractivity contribution in [2.24, 2.45) is 11.8 Å². The largest absolute Gasteiger partial charge is 0.454 e. The number of likely N-dealkylation sites (tertiary alicyclic amines) is 1. The molecule has 0 bridgehead atoms. The number of aliphatic hydroxyl groups excluding tert-OH is 1. The van der Waals surface area contributed by atoms with Crippen LogP contribution < -0.4 is 9.47 Å². The molecule has 158 valence electrons. The molecule has 0 radical (unpaired) electrons. The Kier molecular flexibility index (Phi) is 5.14. The van der Waals surface area contributed by atoms with Gasteiger partial charge in [-0.25, -0.2) is 0 Å². The number of carbonyl (C=O) groups is 1. The monoisotopic (exact) mass is 401 g/mol. The highest BCUT2D eigenvalue weighted by Gasteiger charge is 2.44. The van der Waals surface area contributed by atoms with Crippen molar-refractivity contribution in [1.29, 1.82) is 0 Å². The van der Waals surface area contributed by atoms with Gasteiger partial charge in [-0.3, -0.25) is 9.69 Å². The molecule has 4 aliphatic rings. The van der Waals surface area contributed by atoms with Crippen molar-refractivity contribution in [1.82, 2.24) is 14.7 Å². The van der Waals surface area contributed by atoms with Gasteiger partial charge in [0.25, 0.3) is 0 Å². The van der Waals surface area contributed by atoms with Crippen molar-refractivity contribution < 1.29 is 19.4 Å². The number of hydrogen-bond acceptors (Lipinski definition) is 6. The smallest absolute Gasteiger partial charge is 0.231 e. The molecule has 0 spiro atoms. The number of benzene rings is 1. The molecule has 1 N–H and O–H groups in total. The average molecular weight is 402 g/mol. The molecule has 3 aliphatic heterocycles. The SMILES string of the molecule is CN1CCN([C@@H]2C[C@@H]3CN(C(=O)Cc4ccc5c(c4)OCO5)C[C@@H]3C[C@H]2O)CC1. The average Bonchev–Trinajstić information content (AvgIpc) is 3.34. The Hall–Kier alpha value is -1.83. The number of rotatable bonds is 3. The van der Waals surface area contributed by atoms with E-state index in [4.69, 9.17) is 9.47 Å². The molecule has 1 saturated carbocycles. The number of fused-ring (bicyclic) bond motifs is 2. The van der Waals surface area contributed by atoms with Crippen molar-refractivity contribution in [3.8, 4) is 11.5 Å². The van der Waals surface area contributed by atoms with E-state index in [0.717, 1.165) is 69.2 Å². The van der Waals surface area contributed by atoms with E-state index in [1.54, 1.807) is 0 Å². The Bertz CT molecular complexity index is 764. The summed E-state index contributed by atoms with van der Waals surface area (Å²) < 4.78 is 10.8. The van der Waals surface area contributed by atoms with Gasteiger partial charge in [0.1, 0.15) is 0 Å². The summed E-state index contributed by atoms with van der Waals surface area (Å²) in [7, 11) is 2.16. The molecule has 1 aromatic carbocycles. The highest BCUT2D eigenvalue weighted by Crippen LogP contribution is 2.39. The Morgan fingerprint density at radius 2 is 1.79 bits per heavy atom. The zero-order chi connectivity index (χ0) is 20.0. The van der Waals surface area contributed by atoms with Crippen LogP contribution >= 0.6 is 0 Å². The van der Waals surface area contributed by atoms with E-state index in [-0.39, 0.29) is 24.8 Å². The van der Waals surface area contributed by atoms with Crippen molar-refractivity contribution >= 4 is 5.91 Å². The van der Waals surface area contributed by atoms with Crippen LogP contribution in [0.15, 0.2) is 18.2 Å². The molecule has 29 heavy (non-hydrogen) atoms. The van der Waals surface area contributed by atoms with Crippen molar-refractivity contribution in [2.45, 2.75) is 31.4 Å². The molecule has 1 amide bonds.